The van der Waals surface area contributed by atoms with Crippen molar-refractivity contribution in [1.82, 2.24) is 9.13 Å². The molecule has 0 saturated heterocycles. The summed E-state index contributed by atoms with van der Waals surface area (Å²) in [6, 6.07) is 5.30. The molecule has 0 aliphatic carbocycles. The second-order valence-electron chi connectivity index (χ2n) is 5.52. The van der Waals surface area contributed by atoms with Crippen LogP contribution in [-0.4, -0.2) is 31.4 Å². The Morgan fingerprint density at radius 3 is 2.33 bits per heavy atom. The van der Waals surface area contributed by atoms with E-state index in [4.69, 9.17) is 10.8 Å². The molecule has 0 bridgehead atoms. The van der Waals surface area contributed by atoms with Crippen LogP contribution in [0, 0.1) is 6.92 Å². The molecule has 0 spiro atoms. The number of hydrogen-bond acceptors (Lipinski definition) is 5. The summed E-state index contributed by atoms with van der Waals surface area (Å²) in [5.41, 5.74) is 5.95. The summed E-state index contributed by atoms with van der Waals surface area (Å²) in [4.78, 5) is 35.6. The molecule has 1 aromatic carbocycles. The van der Waals surface area contributed by atoms with Crippen molar-refractivity contribution in [3.8, 4) is 5.69 Å². The van der Waals surface area contributed by atoms with Gasteiger partial charge >= 0.3 is 11.7 Å². The number of benzene rings is 1. The van der Waals surface area contributed by atoms with Crippen molar-refractivity contribution in [2.24, 2.45) is 12.8 Å². The minimum atomic E-state index is -1.10. The average Bonchev–Trinajstić information content (AvgIpc) is 2.55. The minimum Gasteiger partial charge on any atom is -0.480 e. The van der Waals surface area contributed by atoms with E-state index in [9.17, 15) is 19.5 Å². The lowest BCUT2D eigenvalue weighted by Gasteiger charge is -2.13. The summed E-state index contributed by atoms with van der Waals surface area (Å²) >= 11 is 0. The van der Waals surface area contributed by atoms with Gasteiger partial charge in [-0.15, -0.1) is 0 Å². The molecule has 4 N–H and O–H groups in total. The fraction of sp³-hybridized carbons (Fsp3) is 0.312. The lowest BCUT2D eigenvalue weighted by atomic mass is 10.1. The van der Waals surface area contributed by atoms with Gasteiger partial charge in [0.25, 0.3) is 5.56 Å². The topological polar surface area (TPSA) is 128 Å². The lowest BCUT2D eigenvalue weighted by molar-refractivity contribution is -0.138. The van der Waals surface area contributed by atoms with Crippen LogP contribution < -0.4 is 17.0 Å². The van der Waals surface area contributed by atoms with Crippen molar-refractivity contribution >= 4 is 5.97 Å². The van der Waals surface area contributed by atoms with Crippen molar-refractivity contribution in [2.45, 2.75) is 26.0 Å². The molecule has 8 nitrogen and oxygen atoms in total. The number of nitrogens with two attached hydrogens (primary N) is 1. The standard InChI is InChI=1S/C16H19N3O5/c1-9-12(8-20)14(21)19(16(24)18(9)2)11-5-3-10(4-6-11)7-13(17)15(22)23/h3-6,13,20H,7-8,17H2,1-2H3,(H,22,23)/t13-/m0/s1. The Balaban J connectivity index is 2.50. The summed E-state index contributed by atoms with van der Waals surface area (Å²) in [6.45, 7) is 1.12. The number of nitrogens with zero attached hydrogens (tertiary/aromatic N) is 2. The first-order valence-corrected chi connectivity index (χ1v) is 7.28. The van der Waals surface area contributed by atoms with Crippen molar-refractivity contribution in [2.75, 3.05) is 0 Å². The zero-order valence-electron chi connectivity index (χ0n) is 13.4. The van der Waals surface area contributed by atoms with E-state index in [2.05, 4.69) is 0 Å². The number of carbonyl (C=O) groups is 1. The van der Waals surface area contributed by atoms with Gasteiger partial charge in [-0.2, -0.15) is 0 Å². The summed E-state index contributed by atoms with van der Waals surface area (Å²) in [5.74, 6) is -1.10. The van der Waals surface area contributed by atoms with Crippen LogP contribution in [0.3, 0.4) is 0 Å². The van der Waals surface area contributed by atoms with Gasteiger partial charge in [-0.05, 0) is 31.0 Å². The van der Waals surface area contributed by atoms with Crippen molar-refractivity contribution in [3.63, 3.8) is 0 Å². The first kappa shape index (κ1) is 17.6. The molecule has 8 heteroatoms. The summed E-state index contributed by atoms with van der Waals surface area (Å²) < 4.78 is 2.26. The second-order valence-corrected chi connectivity index (χ2v) is 5.52. The van der Waals surface area contributed by atoms with Crippen LogP contribution >= 0.6 is 0 Å². The quantitative estimate of drug-likeness (QED) is 0.663. The highest BCUT2D eigenvalue weighted by Gasteiger charge is 2.16. The Hall–Kier alpha value is -2.71. The molecule has 0 saturated carbocycles. The predicted octanol–water partition coefficient (Wildman–Crippen LogP) is -0.709. The fourth-order valence-electron chi connectivity index (χ4n) is 2.40. The number of carboxylic acids is 1. The van der Waals surface area contributed by atoms with Gasteiger partial charge in [0.1, 0.15) is 6.04 Å². The highest BCUT2D eigenvalue weighted by atomic mass is 16.4. The van der Waals surface area contributed by atoms with Gasteiger partial charge < -0.3 is 20.5 Å². The molecular weight excluding hydrogens is 314 g/mol. The van der Waals surface area contributed by atoms with Crippen LogP contribution in [0.2, 0.25) is 0 Å². The number of aromatic nitrogens is 2. The monoisotopic (exact) mass is 333 g/mol. The van der Waals surface area contributed by atoms with E-state index >= 15 is 0 Å². The molecule has 1 heterocycles. The maximum absolute atomic E-state index is 12.4. The van der Waals surface area contributed by atoms with Crippen molar-refractivity contribution in [3.05, 3.63) is 61.9 Å². The molecular formula is C16H19N3O5. The zero-order valence-corrected chi connectivity index (χ0v) is 13.4. The minimum absolute atomic E-state index is 0.137. The molecule has 0 fully saturated rings. The number of rotatable bonds is 5. The first-order chi connectivity index (χ1) is 11.3. The van der Waals surface area contributed by atoms with E-state index in [-0.39, 0.29) is 12.0 Å². The highest BCUT2D eigenvalue weighted by Crippen LogP contribution is 2.09. The second kappa shape index (κ2) is 6.81. The van der Waals surface area contributed by atoms with Gasteiger partial charge in [0.2, 0.25) is 0 Å². The summed E-state index contributed by atoms with van der Waals surface area (Å²) in [6.07, 6.45) is 0.137. The van der Waals surface area contributed by atoms with Crippen LogP contribution in [0.15, 0.2) is 33.9 Å². The van der Waals surface area contributed by atoms with Gasteiger partial charge in [-0.25, -0.2) is 9.36 Å². The van der Waals surface area contributed by atoms with E-state index in [0.717, 1.165) is 4.57 Å². The van der Waals surface area contributed by atoms with E-state index in [0.29, 0.717) is 16.9 Å². The third kappa shape index (κ3) is 3.15. The van der Waals surface area contributed by atoms with Crippen molar-refractivity contribution in [1.29, 1.82) is 0 Å². The number of hydrogen-bond donors (Lipinski definition) is 3. The number of carboxylic acid groups (broad SMARTS) is 1. The van der Waals surface area contributed by atoms with Gasteiger partial charge in [0.05, 0.1) is 17.9 Å². The molecule has 0 radical (unpaired) electrons. The molecule has 0 unspecified atom stereocenters. The molecule has 0 aliphatic rings. The van der Waals surface area contributed by atoms with E-state index in [1.807, 2.05) is 0 Å². The third-order valence-electron chi connectivity index (χ3n) is 4.00. The normalized spacial score (nSPS) is 12.2. The molecule has 0 aliphatic heterocycles. The molecule has 128 valence electrons. The molecule has 1 aromatic heterocycles. The summed E-state index contributed by atoms with van der Waals surface area (Å²) in [7, 11) is 1.52. The Kier molecular flexibility index (Phi) is 5.01. The van der Waals surface area contributed by atoms with Gasteiger partial charge in [0, 0.05) is 12.7 Å². The fourth-order valence-corrected chi connectivity index (χ4v) is 2.40. The zero-order chi connectivity index (χ0) is 18.0. The van der Waals surface area contributed by atoms with Crippen LogP contribution in [0.25, 0.3) is 5.69 Å². The van der Waals surface area contributed by atoms with Crippen LogP contribution in [-0.2, 0) is 24.9 Å². The van der Waals surface area contributed by atoms with Crippen molar-refractivity contribution < 1.29 is 15.0 Å². The van der Waals surface area contributed by atoms with Gasteiger partial charge in [-0.3, -0.25) is 9.59 Å². The Morgan fingerprint density at radius 1 is 1.25 bits per heavy atom. The number of aliphatic hydroxyl groups is 1. The maximum Gasteiger partial charge on any atom is 0.335 e. The Labute approximate surface area is 137 Å². The summed E-state index contributed by atoms with van der Waals surface area (Å²) in [5, 5.41) is 18.2. The molecule has 0 amide bonds. The Bertz CT molecular complexity index is 880. The van der Waals surface area contributed by atoms with Gasteiger partial charge in [0.15, 0.2) is 0 Å². The number of aliphatic carboxylic acids is 1. The third-order valence-corrected chi connectivity index (χ3v) is 4.00. The molecule has 1 atom stereocenters. The van der Waals surface area contributed by atoms with Gasteiger partial charge in [-0.1, -0.05) is 12.1 Å². The first-order valence-electron chi connectivity index (χ1n) is 7.28. The van der Waals surface area contributed by atoms with Crippen LogP contribution in [0.5, 0.6) is 0 Å². The molecule has 2 rings (SSSR count). The van der Waals surface area contributed by atoms with E-state index in [1.165, 1.54) is 11.6 Å². The highest BCUT2D eigenvalue weighted by molar-refractivity contribution is 5.73. The SMILES string of the molecule is Cc1c(CO)c(=O)n(-c2ccc(C[C@H](N)C(=O)O)cc2)c(=O)n1C. The maximum atomic E-state index is 12.4. The molecule has 2 aromatic rings. The predicted molar refractivity (Wildman–Crippen MR) is 87.3 cm³/mol. The van der Waals surface area contributed by atoms with E-state index < -0.39 is 29.9 Å². The van der Waals surface area contributed by atoms with Crippen LogP contribution in [0.1, 0.15) is 16.8 Å². The molecule has 24 heavy (non-hydrogen) atoms. The Morgan fingerprint density at radius 2 is 1.83 bits per heavy atom. The lowest BCUT2D eigenvalue weighted by Crippen LogP contribution is -2.41. The number of aliphatic hydroxyl groups excluding tert-OH is 1. The average molecular weight is 333 g/mol. The van der Waals surface area contributed by atoms with E-state index in [1.54, 1.807) is 31.2 Å². The largest absolute Gasteiger partial charge is 0.480 e. The van der Waals surface area contributed by atoms with Crippen LogP contribution in [0.4, 0.5) is 0 Å². The smallest absolute Gasteiger partial charge is 0.335 e.